The van der Waals surface area contributed by atoms with Gasteiger partial charge in [0.1, 0.15) is 12.4 Å². The van der Waals surface area contributed by atoms with Crippen molar-refractivity contribution in [2.24, 2.45) is 0 Å². The fourth-order valence-corrected chi connectivity index (χ4v) is 4.87. The molecular formula is C30H31NO5S. The Labute approximate surface area is 219 Å². The maximum Gasteiger partial charge on any atom is 0.304 e. The van der Waals surface area contributed by atoms with Gasteiger partial charge in [0.15, 0.2) is 0 Å². The van der Waals surface area contributed by atoms with Crippen LogP contribution in [0.5, 0.6) is 5.75 Å². The van der Waals surface area contributed by atoms with E-state index in [9.17, 15) is 9.00 Å². The van der Waals surface area contributed by atoms with E-state index >= 15 is 0 Å². The van der Waals surface area contributed by atoms with Crippen LogP contribution in [0.2, 0.25) is 0 Å². The molecule has 6 nitrogen and oxygen atoms in total. The predicted molar refractivity (Wildman–Crippen MR) is 147 cm³/mol. The third-order valence-corrected chi connectivity index (χ3v) is 7.21. The lowest BCUT2D eigenvalue weighted by molar-refractivity contribution is -0.137. The molecule has 0 saturated carbocycles. The summed E-state index contributed by atoms with van der Waals surface area (Å²) in [6.45, 7) is 4.98. The Hall–Kier alpha value is -3.86. The van der Waals surface area contributed by atoms with Gasteiger partial charge in [-0.3, -0.25) is 9.00 Å². The van der Waals surface area contributed by atoms with Gasteiger partial charge >= 0.3 is 5.97 Å². The Morgan fingerprint density at radius 1 is 1.05 bits per heavy atom. The van der Waals surface area contributed by atoms with E-state index < -0.39 is 16.8 Å². The standard InChI is InChI=1S/C30H29NO4S.H2O/c1-4-5-25(18-29(32)33)23-10-12-27(13-11-23)35-20-26-9-8-24-16-17-31(30(24)21(26)2)19-22-6-14-28(15-7-22)36(3)34;/h6-17,25H,18-20H2,1-3H3,(H,32,33);1H2/t25-,36?;/m0./s1. The molecule has 0 fully saturated rings. The van der Waals surface area contributed by atoms with Crippen molar-refractivity contribution in [3.8, 4) is 17.6 Å². The first-order valence-electron chi connectivity index (χ1n) is 11.7. The molecule has 1 heterocycles. The molecule has 4 aromatic rings. The summed E-state index contributed by atoms with van der Waals surface area (Å²) >= 11 is 0. The summed E-state index contributed by atoms with van der Waals surface area (Å²) in [7, 11) is -0.981. The van der Waals surface area contributed by atoms with Gasteiger partial charge in [-0.25, -0.2) is 0 Å². The van der Waals surface area contributed by atoms with Crippen molar-refractivity contribution < 1.29 is 24.3 Å². The lowest BCUT2D eigenvalue weighted by atomic mass is 9.96. The minimum absolute atomic E-state index is 0. The van der Waals surface area contributed by atoms with Crippen LogP contribution < -0.4 is 4.74 Å². The van der Waals surface area contributed by atoms with Gasteiger partial charge < -0.3 is 19.9 Å². The fourth-order valence-electron chi connectivity index (χ4n) is 4.35. The van der Waals surface area contributed by atoms with E-state index in [4.69, 9.17) is 9.84 Å². The van der Waals surface area contributed by atoms with E-state index in [1.165, 1.54) is 16.5 Å². The molecule has 7 heteroatoms. The van der Waals surface area contributed by atoms with Crippen molar-refractivity contribution in [3.05, 3.63) is 95.2 Å². The number of rotatable bonds is 9. The summed E-state index contributed by atoms with van der Waals surface area (Å²) in [5.41, 5.74) is 5.46. The molecule has 37 heavy (non-hydrogen) atoms. The average Bonchev–Trinajstić information content (AvgIpc) is 3.27. The Balaban J connectivity index is 0.00000380. The van der Waals surface area contributed by atoms with Crippen molar-refractivity contribution in [1.82, 2.24) is 4.57 Å². The summed E-state index contributed by atoms with van der Waals surface area (Å²) in [4.78, 5) is 12.0. The van der Waals surface area contributed by atoms with Crippen molar-refractivity contribution >= 4 is 27.7 Å². The van der Waals surface area contributed by atoms with Crippen molar-refractivity contribution in [2.75, 3.05) is 6.26 Å². The number of aryl methyl sites for hydroxylation is 1. The zero-order valence-corrected chi connectivity index (χ0v) is 22.0. The molecule has 0 bridgehead atoms. The normalized spacial score (nSPS) is 12.2. The maximum atomic E-state index is 11.7. The van der Waals surface area contributed by atoms with Gasteiger partial charge in [0.05, 0.1) is 17.9 Å². The second kappa shape index (κ2) is 12.4. The third-order valence-electron chi connectivity index (χ3n) is 6.28. The predicted octanol–water partition coefficient (Wildman–Crippen LogP) is 5.07. The minimum atomic E-state index is -0.981. The van der Waals surface area contributed by atoms with Crippen LogP contribution in [0.3, 0.4) is 0 Å². The molecule has 0 spiro atoms. The monoisotopic (exact) mass is 517 g/mol. The van der Waals surface area contributed by atoms with Crippen molar-refractivity contribution in [3.63, 3.8) is 0 Å². The Morgan fingerprint density at radius 3 is 2.38 bits per heavy atom. The van der Waals surface area contributed by atoms with E-state index in [2.05, 4.69) is 47.7 Å². The van der Waals surface area contributed by atoms with Crippen molar-refractivity contribution in [2.45, 2.75) is 44.2 Å². The summed E-state index contributed by atoms with van der Waals surface area (Å²) in [6.07, 6.45) is 3.76. The average molecular weight is 518 g/mol. The molecule has 0 saturated heterocycles. The van der Waals surface area contributed by atoms with E-state index in [-0.39, 0.29) is 17.8 Å². The smallest absolute Gasteiger partial charge is 0.304 e. The zero-order valence-electron chi connectivity index (χ0n) is 21.2. The zero-order chi connectivity index (χ0) is 25.7. The molecule has 3 N–H and O–H groups in total. The highest BCUT2D eigenvalue weighted by Gasteiger charge is 2.14. The Morgan fingerprint density at radius 2 is 1.76 bits per heavy atom. The van der Waals surface area contributed by atoms with Gasteiger partial charge in [0, 0.05) is 34.7 Å². The van der Waals surface area contributed by atoms with Crippen LogP contribution >= 0.6 is 0 Å². The molecule has 1 unspecified atom stereocenters. The molecule has 0 radical (unpaired) electrons. The molecule has 0 aliphatic rings. The maximum absolute atomic E-state index is 11.7. The topological polar surface area (TPSA) is 100 Å². The molecule has 2 atom stereocenters. The SMILES string of the molecule is CC#C[C@@H](CC(=O)O)c1ccc(OCc2ccc3ccn(Cc4ccc(S(C)=O)cc4)c3c2C)cc1.O. The van der Waals surface area contributed by atoms with Crippen LogP contribution in [0.15, 0.2) is 77.8 Å². The number of benzene rings is 3. The second-order valence-electron chi connectivity index (χ2n) is 8.73. The number of hydrogen-bond donors (Lipinski definition) is 1. The molecule has 1 aromatic heterocycles. The molecule has 0 amide bonds. The third kappa shape index (κ3) is 6.67. The van der Waals surface area contributed by atoms with E-state index in [1.807, 2.05) is 48.5 Å². The van der Waals surface area contributed by atoms with Crippen LogP contribution in [-0.4, -0.2) is 31.6 Å². The number of carbonyl (C=O) groups is 1. The lowest BCUT2D eigenvalue weighted by Crippen LogP contribution is -2.05. The number of aromatic nitrogens is 1. The largest absolute Gasteiger partial charge is 0.489 e. The van der Waals surface area contributed by atoms with Gasteiger partial charge in [-0.2, -0.15) is 0 Å². The number of aliphatic carboxylic acids is 1. The Kier molecular flexibility index (Phi) is 9.29. The number of hydrogen-bond acceptors (Lipinski definition) is 3. The first-order chi connectivity index (χ1) is 17.4. The van der Waals surface area contributed by atoms with Crippen molar-refractivity contribution in [1.29, 1.82) is 0 Å². The summed E-state index contributed by atoms with van der Waals surface area (Å²) < 4.78 is 20.0. The van der Waals surface area contributed by atoms with E-state index in [0.717, 1.165) is 33.9 Å². The summed E-state index contributed by atoms with van der Waals surface area (Å²) in [6, 6.07) is 21.7. The summed E-state index contributed by atoms with van der Waals surface area (Å²) in [5, 5.41) is 10.3. The van der Waals surface area contributed by atoms with Crippen LogP contribution in [-0.2, 0) is 28.7 Å². The summed E-state index contributed by atoms with van der Waals surface area (Å²) in [5.74, 6) is 5.31. The van der Waals surface area contributed by atoms with Gasteiger partial charge in [-0.05, 0) is 71.8 Å². The van der Waals surface area contributed by atoms with Gasteiger partial charge in [0.25, 0.3) is 0 Å². The molecule has 0 aliphatic heterocycles. The first-order valence-corrected chi connectivity index (χ1v) is 13.3. The number of ether oxygens (including phenoxy) is 1. The number of carboxylic acid groups (broad SMARTS) is 1. The quantitative estimate of drug-likeness (QED) is 0.313. The minimum Gasteiger partial charge on any atom is -0.489 e. The molecule has 0 aliphatic carbocycles. The van der Waals surface area contributed by atoms with Crippen LogP contribution in [0.25, 0.3) is 10.9 Å². The van der Waals surface area contributed by atoms with Crippen LogP contribution in [0.1, 0.15) is 41.5 Å². The fraction of sp³-hybridized carbons (Fsp3) is 0.233. The van der Waals surface area contributed by atoms with Gasteiger partial charge in [-0.15, -0.1) is 5.92 Å². The number of fused-ring (bicyclic) bond motifs is 1. The molecular weight excluding hydrogens is 486 g/mol. The highest BCUT2D eigenvalue weighted by atomic mass is 32.2. The molecule has 4 rings (SSSR count). The molecule has 192 valence electrons. The number of carboxylic acids is 1. The highest BCUT2D eigenvalue weighted by Crippen LogP contribution is 2.27. The van der Waals surface area contributed by atoms with Crippen LogP contribution in [0, 0.1) is 18.8 Å². The number of nitrogens with zero attached hydrogens (tertiary/aromatic N) is 1. The second-order valence-corrected chi connectivity index (χ2v) is 10.1. The van der Waals surface area contributed by atoms with E-state index in [1.54, 1.807) is 13.2 Å². The first kappa shape index (κ1) is 27.7. The van der Waals surface area contributed by atoms with Crippen LogP contribution in [0.4, 0.5) is 0 Å². The highest BCUT2D eigenvalue weighted by molar-refractivity contribution is 7.84. The van der Waals surface area contributed by atoms with Gasteiger partial charge in [0.2, 0.25) is 0 Å². The molecule has 3 aromatic carbocycles. The Bertz CT molecular complexity index is 1460. The van der Waals surface area contributed by atoms with Gasteiger partial charge in [-0.1, -0.05) is 42.3 Å². The van der Waals surface area contributed by atoms with E-state index in [0.29, 0.717) is 6.61 Å². The lowest BCUT2D eigenvalue weighted by Gasteiger charge is -2.14.